The van der Waals surface area contributed by atoms with Gasteiger partial charge in [-0.3, -0.25) is 0 Å². The van der Waals surface area contributed by atoms with E-state index in [1.54, 1.807) is 0 Å². The predicted octanol–water partition coefficient (Wildman–Crippen LogP) is 0.0715. The fraction of sp³-hybridized carbons (Fsp3) is 1.00. The van der Waals surface area contributed by atoms with Crippen molar-refractivity contribution in [3.8, 4) is 0 Å². The maximum atomic E-state index is 12.0. The Labute approximate surface area is 84.7 Å². The molecule has 0 bridgehead atoms. The van der Waals surface area contributed by atoms with E-state index in [1.807, 2.05) is 0 Å². The van der Waals surface area contributed by atoms with Crippen LogP contribution < -0.4 is 5.73 Å². The van der Waals surface area contributed by atoms with E-state index in [9.17, 15) is 8.42 Å². The first-order valence-corrected chi connectivity index (χ1v) is 6.77. The molecule has 0 aromatic carbocycles. The third-order valence-corrected chi connectivity index (χ3v) is 6.12. The quantitative estimate of drug-likeness (QED) is 0.626. The zero-order valence-electron chi connectivity index (χ0n) is 8.24. The predicted molar refractivity (Wildman–Crippen MR) is 53.8 cm³/mol. The Balaban J connectivity index is 2.27. The van der Waals surface area contributed by atoms with Crippen LogP contribution in [0.3, 0.4) is 0 Å². The van der Waals surface area contributed by atoms with Crippen LogP contribution in [0.1, 0.15) is 25.7 Å². The molecular formula is C9H17NO3S. The fourth-order valence-corrected chi connectivity index (χ4v) is 4.79. The molecule has 2 rings (SSSR count). The van der Waals surface area contributed by atoms with Gasteiger partial charge >= 0.3 is 0 Å². The normalized spacial score (nSPS) is 35.6. The van der Waals surface area contributed by atoms with Crippen LogP contribution in [-0.4, -0.2) is 38.2 Å². The number of hydrogen-bond acceptors (Lipinski definition) is 4. The molecule has 0 aromatic rings. The molecule has 1 spiro atoms. The molecule has 4 nitrogen and oxygen atoms in total. The second kappa shape index (κ2) is 3.47. The SMILES string of the molecule is NC1CCS(=O)(=O)C2(CCOCC2)C1. The largest absolute Gasteiger partial charge is 0.381 e. The van der Waals surface area contributed by atoms with Gasteiger partial charge in [-0.05, 0) is 25.7 Å². The van der Waals surface area contributed by atoms with Gasteiger partial charge in [0.25, 0.3) is 0 Å². The van der Waals surface area contributed by atoms with E-state index in [4.69, 9.17) is 10.5 Å². The summed E-state index contributed by atoms with van der Waals surface area (Å²) in [4.78, 5) is 0. The molecule has 14 heavy (non-hydrogen) atoms. The molecule has 1 atom stereocenters. The molecule has 2 fully saturated rings. The highest BCUT2D eigenvalue weighted by molar-refractivity contribution is 7.92. The number of hydrogen-bond donors (Lipinski definition) is 1. The Morgan fingerprint density at radius 3 is 2.57 bits per heavy atom. The highest BCUT2D eigenvalue weighted by Gasteiger charge is 2.48. The van der Waals surface area contributed by atoms with Gasteiger partial charge in [-0.15, -0.1) is 0 Å². The molecule has 0 radical (unpaired) electrons. The van der Waals surface area contributed by atoms with E-state index in [-0.39, 0.29) is 11.8 Å². The molecule has 2 aliphatic rings. The maximum absolute atomic E-state index is 12.0. The van der Waals surface area contributed by atoms with E-state index in [1.165, 1.54) is 0 Å². The Kier molecular flexibility index (Phi) is 2.57. The number of rotatable bonds is 0. The van der Waals surface area contributed by atoms with Crippen molar-refractivity contribution in [3.05, 3.63) is 0 Å². The lowest BCUT2D eigenvalue weighted by molar-refractivity contribution is 0.0689. The van der Waals surface area contributed by atoms with Crippen LogP contribution in [0.5, 0.6) is 0 Å². The molecular weight excluding hydrogens is 202 g/mol. The summed E-state index contributed by atoms with van der Waals surface area (Å²) in [7, 11) is -2.94. The molecule has 2 aliphatic heterocycles. The van der Waals surface area contributed by atoms with Gasteiger partial charge < -0.3 is 10.5 Å². The minimum absolute atomic E-state index is 0.0524. The van der Waals surface area contributed by atoms with E-state index < -0.39 is 14.6 Å². The molecule has 0 amide bonds. The van der Waals surface area contributed by atoms with Crippen molar-refractivity contribution in [2.45, 2.75) is 36.5 Å². The van der Waals surface area contributed by atoms with Crippen LogP contribution >= 0.6 is 0 Å². The van der Waals surface area contributed by atoms with Crippen molar-refractivity contribution < 1.29 is 13.2 Å². The van der Waals surface area contributed by atoms with Gasteiger partial charge in [0.15, 0.2) is 9.84 Å². The van der Waals surface area contributed by atoms with E-state index in [2.05, 4.69) is 0 Å². The number of sulfone groups is 1. The molecule has 2 heterocycles. The summed E-state index contributed by atoms with van der Waals surface area (Å²) in [6.45, 7) is 1.12. The van der Waals surface area contributed by atoms with Crippen LogP contribution in [0, 0.1) is 0 Å². The van der Waals surface area contributed by atoms with Crippen LogP contribution in [0.15, 0.2) is 0 Å². The van der Waals surface area contributed by atoms with Gasteiger partial charge in [0.2, 0.25) is 0 Å². The fourth-order valence-electron chi connectivity index (χ4n) is 2.49. The van der Waals surface area contributed by atoms with Crippen LogP contribution in [-0.2, 0) is 14.6 Å². The Hall–Kier alpha value is -0.130. The average molecular weight is 219 g/mol. The second-order valence-electron chi connectivity index (χ2n) is 4.37. The first-order chi connectivity index (χ1) is 6.56. The Bertz CT molecular complexity index is 306. The van der Waals surface area contributed by atoms with Crippen molar-refractivity contribution in [2.75, 3.05) is 19.0 Å². The molecule has 1 unspecified atom stereocenters. The number of ether oxygens (including phenoxy) is 1. The summed E-state index contributed by atoms with van der Waals surface area (Å²) in [6.07, 6.45) is 2.50. The summed E-state index contributed by atoms with van der Waals surface area (Å²) >= 11 is 0. The van der Waals surface area contributed by atoms with E-state index >= 15 is 0 Å². The van der Waals surface area contributed by atoms with Gasteiger partial charge in [0.05, 0.1) is 10.5 Å². The van der Waals surface area contributed by atoms with Gasteiger partial charge in [-0.25, -0.2) is 8.42 Å². The minimum Gasteiger partial charge on any atom is -0.381 e. The highest BCUT2D eigenvalue weighted by atomic mass is 32.2. The summed E-state index contributed by atoms with van der Waals surface area (Å²) in [5.74, 6) is 0.258. The summed E-state index contributed by atoms with van der Waals surface area (Å²) < 4.78 is 28.7. The zero-order valence-corrected chi connectivity index (χ0v) is 9.05. The van der Waals surface area contributed by atoms with Crippen LogP contribution in [0.2, 0.25) is 0 Å². The second-order valence-corrected chi connectivity index (χ2v) is 6.87. The first-order valence-electron chi connectivity index (χ1n) is 5.11. The van der Waals surface area contributed by atoms with Gasteiger partial charge in [-0.2, -0.15) is 0 Å². The summed E-state index contributed by atoms with van der Waals surface area (Å²) in [5, 5.41) is 0. The summed E-state index contributed by atoms with van der Waals surface area (Å²) in [6, 6.07) is 0.0524. The Morgan fingerprint density at radius 1 is 1.29 bits per heavy atom. The van der Waals surface area contributed by atoms with Crippen molar-refractivity contribution in [1.29, 1.82) is 0 Å². The highest BCUT2D eigenvalue weighted by Crippen LogP contribution is 2.38. The third kappa shape index (κ3) is 1.57. The van der Waals surface area contributed by atoms with Gasteiger partial charge in [0, 0.05) is 19.3 Å². The van der Waals surface area contributed by atoms with Crippen molar-refractivity contribution in [2.24, 2.45) is 5.73 Å². The van der Waals surface area contributed by atoms with Gasteiger partial charge in [0.1, 0.15) is 0 Å². The molecule has 2 saturated heterocycles. The topological polar surface area (TPSA) is 69.4 Å². The van der Waals surface area contributed by atoms with E-state index in [0.29, 0.717) is 38.9 Å². The van der Waals surface area contributed by atoms with E-state index in [0.717, 1.165) is 0 Å². The Morgan fingerprint density at radius 2 is 1.93 bits per heavy atom. The van der Waals surface area contributed by atoms with Crippen LogP contribution in [0.4, 0.5) is 0 Å². The lowest BCUT2D eigenvalue weighted by atomic mass is 9.90. The molecule has 0 aromatic heterocycles. The first kappa shape index (κ1) is 10.4. The zero-order chi connectivity index (χ0) is 10.2. The van der Waals surface area contributed by atoms with Crippen LogP contribution in [0.25, 0.3) is 0 Å². The lowest BCUT2D eigenvalue weighted by Crippen LogP contribution is -2.52. The average Bonchev–Trinajstić information content (AvgIpc) is 2.14. The molecule has 82 valence electrons. The smallest absolute Gasteiger partial charge is 0.156 e. The third-order valence-electron chi connectivity index (χ3n) is 3.46. The number of nitrogens with two attached hydrogens (primary N) is 1. The molecule has 0 saturated carbocycles. The van der Waals surface area contributed by atoms with Crippen molar-refractivity contribution in [1.82, 2.24) is 0 Å². The monoisotopic (exact) mass is 219 g/mol. The summed E-state index contributed by atoms with van der Waals surface area (Å²) in [5.41, 5.74) is 5.86. The maximum Gasteiger partial charge on any atom is 0.156 e. The molecule has 0 aliphatic carbocycles. The van der Waals surface area contributed by atoms with Crippen molar-refractivity contribution >= 4 is 9.84 Å². The van der Waals surface area contributed by atoms with Crippen molar-refractivity contribution in [3.63, 3.8) is 0 Å². The standard InChI is InChI=1S/C9H17NO3S/c10-8-1-6-14(11,12)9(7-8)2-4-13-5-3-9/h8H,1-7,10H2. The molecule has 5 heteroatoms. The van der Waals surface area contributed by atoms with Gasteiger partial charge in [-0.1, -0.05) is 0 Å². The lowest BCUT2D eigenvalue weighted by Gasteiger charge is -2.41. The minimum atomic E-state index is -2.94. The molecule has 2 N–H and O–H groups in total.